The van der Waals surface area contributed by atoms with Crippen LogP contribution in [0.25, 0.3) is 11.3 Å². The number of hydroxylamine groups is 2. The van der Waals surface area contributed by atoms with E-state index in [-0.39, 0.29) is 17.9 Å². The van der Waals surface area contributed by atoms with Gasteiger partial charge in [-0.25, -0.2) is 5.06 Å². The number of pyridine rings is 1. The standard InChI is InChI=1S/C25H30N6O2/c1-17-11-24(30(2)29-17)21-13-19(14-27-15-21)12-18-3-5-20(6-4-18)25(32)31-23(7-10-33-31)22-16-26-8-9-28-22/h8-9,11,13-16,18,20,23H,3-7,10,12H2,1-2H3/t18?,20?,23-/m0/s1. The first-order chi connectivity index (χ1) is 16.1. The van der Waals surface area contributed by atoms with Crippen LogP contribution in [0, 0.1) is 18.8 Å². The van der Waals surface area contributed by atoms with E-state index in [9.17, 15) is 4.79 Å². The minimum absolute atomic E-state index is 0.0143. The molecule has 3 aromatic heterocycles. The SMILES string of the molecule is Cc1cc(-c2cncc(CC3CCC(C(=O)N4OCC[C@H]4c4cnccn4)CC3)c2)n(C)n1. The van der Waals surface area contributed by atoms with Crippen LogP contribution in [0.3, 0.4) is 0 Å². The fourth-order valence-electron chi connectivity index (χ4n) is 5.18. The van der Waals surface area contributed by atoms with Gasteiger partial charge in [0, 0.05) is 49.7 Å². The molecule has 8 nitrogen and oxygen atoms in total. The van der Waals surface area contributed by atoms with Crippen molar-refractivity contribution in [2.45, 2.75) is 51.5 Å². The van der Waals surface area contributed by atoms with E-state index in [0.29, 0.717) is 12.5 Å². The average molecular weight is 447 g/mol. The van der Waals surface area contributed by atoms with Gasteiger partial charge in [0.1, 0.15) is 6.04 Å². The highest BCUT2D eigenvalue weighted by Crippen LogP contribution is 2.36. The van der Waals surface area contributed by atoms with Gasteiger partial charge < -0.3 is 0 Å². The zero-order valence-electron chi connectivity index (χ0n) is 19.2. The third-order valence-electron chi connectivity index (χ3n) is 6.86. The van der Waals surface area contributed by atoms with Crippen LogP contribution < -0.4 is 0 Å². The molecule has 33 heavy (non-hydrogen) atoms. The summed E-state index contributed by atoms with van der Waals surface area (Å²) in [5.74, 6) is 0.673. The Bertz CT molecular complexity index is 1110. The maximum atomic E-state index is 13.2. The number of hydrogen-bond donors (Lipinski definition) is 0. The lowest BCUT2D eigenvalue weighted by atomic mass is 9.79. The van der Waals surface area contributed by atoms with E-state index in [1.807, 2.05) is 31.0 Å². The quantitative estimate of drug-likeness (QED) is 0.592. The van der Waals surface area contributed by atoms with Crippen molar-refractivity contribution < 1.29 is 9.63 Å². The third kappa shape index (κ3) is 4.66. The number of aromatic nitrogens is 5. The van der Waals surface area contributed by atoms with Gasteiger partial charge in [0.2, 0.25) is 5.91 Å². The van der Waals surface area contributed by atoms with Gasteiger partial charge in [0.05, 0.1) is 29.9 Å². The molecule has 0 aromatic carbocycles. The summed E-state index contributed by atoms with van der Waals surface area (Å²) < 4.78 is 1.90. The molecule has 172 valence electrons. The Balaban J connectivity index is 1.19. The highest BCUT2D eigenvalue weighted by atomic mass is 16.7. The van der Waals surface area contributed by atoms with E-state index in [1.165, 1.54) is 5.56 Å². The summed E-state index contributed by atoms with van der Waals surface area (Å²) >= 11 is 0. The smallest absolute Gasteiger partial charge is 0.249 e. The molecule has 0 unspecified atom stereocenters. The first kappa shape index (κ1) is 21.7. The third-order valence-corrected chi connectivity index (χ3v) is 6.86. The van der Waals surface area contributed by atoms with Gasteiger partial charge in [-0.2, -0.15) is 5.10 Å². The van der Waals surface area contributed by atoms with E-state index in [0.717, 1.165) is 61.2 Å². The number of amides is 1. The highest BCUT2D eigenvalue weighted by molar-refractivity contribution is 5.78. The van der Waals surface area contributed by atoms with Crippen LogP contribution in [0.2, 0.25) is 0 Å². The normalized spacial score (nSPS) is 23.1. The molecule has 8 heteroatoms. The van der Waals surface area contributed by atoms with Crippen molar-refractivity contribution >= 4 is 5.91 Å². The van der Waals surface area contributed by atoms with Gasteiger partial charge in [0.25, 0.3) is 0 Å². The second-order valence-electron chi connectivity index (χ2n) is 9.23. The second-order valence-corrected chi connectivity index (χ2v) is 9.23. The van der Waals surface area contributed by atoms with Crippen molar-refractivity contribution in [2.75, 3.05) is 6.61 Å². The molecule has 1 amide bonds. The lowest BCUT2D eigenvalue weighted by Crippen LogP contribution is -2.37. The lowest BCUT2D eigenvalue weighted by molar-refractivity contribution is -0.183. The minimum Gasteiger partial charge on any atom is -0.272 e. The van der Waals surface area contributed by atoms with E-state index in [4.69, 9.17) is 4.84 Å². The topological polar surface area (TPSA) is 86.0 Å². The van der Waals surface area contributed by atoms with E-state index >= 15 is 0 Å². The maximum Gasteiger partial charge on any atom is 0.249 e. The molecule has 0 spiro atoms. The molecule has 0 N–H and O–H groups in total. The predicted molar refractivity (Wildman–Crippen MR) is 123 cm³/mol. The van der Waals surface area contributed by atoms with Crippen molar-refractivity contribution in [1.82, 2.24) is 29.8 Å². The van der Waals surface area contributed by atoms with Crippen molar-refractivity contribution in [3.63, 3.8) is 0 Å². The molecule has 1 saturated carbocycles. The highest BCUT2D eigenvalue weighted by Gasteiger charge is 2.37. The van der Waals surface area contributed by atoms with Gasteiger partial charge in [-0.1, -0.05) is 0 Å². The first-order valence-electron chi connectivity index (χ1n) is 11.8. The molecule has 1 aliphatic carbocycles. The van der Waals surface area contributed by atoms with E-state index in [2.05, 4.69) is 32.2 Å². The summed E-state index contributed by atoms with van der Waals surface area (Å²) in [6.07, 6.45) is 14.5. The summed E-state index contributed by atoms with van der Waals surface area (Å²) in [5, 5.41) is 6.02. The number of aryl methyl sites for hydroxylation is 2. The molecule has 1 aliphatic heterocycles. The zero-order chi connectivity index (χ0) is 22.8. The molecule has 3 aromatic rings. The van der Waals surface area contributed by atoms with Crippen LogP contribution in [0.5, 0.6) is 0 Å². The molecular weight excluding hydrogens is 416 g/mol. The molecule has 1 saturated heterocycles. The van der Waals surface area contributed by atoms with Crippen LogP contribution in [0.4, 0.5) is 0 Å². The van der Waals surface area contributed by atoms with Crippen molar-refractivity contribution in [1.29, 1.82) is 0 Å². The first-order valence-corrected chi connectivity index (χ1v) is 11.8. The summed E-state index contributed by atoms with van der Waals surface area (Å²) in [5.41, 5.74) is 5.23. The Morgan fingerprint density at radius 1 is 1.06 bits per heavy atom. The molecule has 0 radical (unpaired) electrons. The molecule has 1 atom stereocenters. The molecule has 4 heterocycles. The summed E-state index contributed by atoms with van der Waals surface area (Å²) in [6, 6.07) is 4.18. The Labute approximate surface area is 194 Å². The Kier molecular flexibility index (Phi) is 6.17. The van der Waals surface area contributed by atoms with Crippen LogP contribution in [-0.2, 0) is 23.1 Å². The molecule has 2 aliphatic rings. The average Bonchev–Trinajstić information content (AvgIpc) is 3.46. The molecular formula is C25H30N6O2. The lowest BCUT2D eigenvalue weighted by Gasteiger charge is -2.31. The second kappa shape index (κ2) is 9.39. The largest absolute Gasteiger partial charge is 0.272 e. The maximum absolute atomic E-state index is 13.2. The van der Waals surface area contributed by atoms with Crippen LogP contribution in [0.1, 0.15) is 55.1 Å². The fourth-order valence-corrected chi connectivity index (χ4v) is 5.18. The number of nitrogens with zero attached hydrogens (tertiary/aromatic N) is 6. The fraction of sp³-hybridized carbons (Fsp3) is 0.480. The number of carbonyl (C=O) groups excluding carboxylic acids is 1. The van der Waals surface area contributed by atoms with Gasteiger partial charge >= 0.3 is 0 Å². The zero-order valence-corrected chi connectivity index (χ0v) is 19.2. The van der Waals surface area contributed by atoms with Gasteiger partial charge in [-0.15, -0.1) is 0 Å². The Hall–Kier alpha value is -3.13. The van der Waals surface area contributed by atoms with E-state index in [1.54, 1.807) is 23.7 Å². The number of rotatable bonds is 5. The van der Waals surface area contributed by atoms with Gasteiger partial charge in [-0.05, 0) is 62.6 Å². The van der Waals surface area contributed by atoms with Crippen molar-refractivity contribution in [3.05, 3.63) is 60.1 Å². The van der Waals surface area contributed by atoms with Crippen LogP contribution >= 0.6 is 0 Å². The van der Waals surface area contributed by atoms with Crippen LogP contribution in [0.15, 0.2) is 43.1 Å². The number of carbonyl (C=O) groups is 1. The minimum atomic E-state index is -0.131. The van der Waals surface area contributed by atoms with Gasteiger partial charge in [-0.3, -0.25) is 29.3 Å². The monoisotopic (exact) mass is 446 g/mol. The van der Waals surface area contributed by atoms with Crippen LogP contribution in [-0.4, -0.2) is 42.3 Å². The summed E-state index contributed by atoms with van der Waals surface area (Å²) in [7, 11) is 1.96. The van der Waals surface area contributed by atoms with Gasteiger partial charge in [0.15, 0.2) is 0 Å². The Morgan fingerprint density at radius 3 is 2.64 bits per heavy atom. The molecule has 5 rings (SSSR count). The predicted octanol–water partition coefficient (Wildman–Crippen LogP) is 3.83. The van der Waals surface area contributed by atoms with E-state index < -0.39 is 0 Å². The number of hydrogen-bond acceptors (Lipinski definition) is 6. The Morgan fingerprint density at radius 2 is 1.91 bits per heavy atom. The molecule has 0 bridgehead atoms. The molecule has 2 fully saturated rings. The summed E-state index contributed by atoms with van der Waals surface area (Å²) in [4.78, 5) is 32.0. The van der Waals surface area contributed by atoms with Crippen molar-refractivity contribution in [3.8, 4) is 11.3 Å². The van der Waals surface area contributed by atoms with Crippen molar-refractivity contribution in [2.24, 2.45) is 18.9 Å². The summed E-state index contributed by atoms with van der Waals surface area (Å²) in [6.45, 7) is 2.55.